The van der Waals surface area contributed by atoms with Gasteiger partial charge in [0.2, 0.25) is 0 Å². The van der Waals surface area contributed by atoms with Crippen LogP contribution in [0.1, 0.15) is 11.6 Å². The van der Waals surface area contributed by atoms with Crippen molar-refractivity contribution in [2.75, 3.05) is 6.61 Å². The summed E-state index contributed by atoms with van der Waals surface area (Å²) in [4.78, 5) is 10.8. The first-order chi connectivity index (χ1) is 7.92. The molecular weight excluding hydrogens is 242 g/mol. The summed E-state index contributed by atoms with van der Waals surface area (Å²) < 4.78 is 57.2. The van der Waals surface area contributed by atoms with Gasteiger partial charge in [-0.25, -0.2) is 22.4 Å². The van der Waals surface area contributed by atoms with Crippen molar-refractivity contribution in [2.24, 2.45) is 0 Å². The number of rotatable bonds is 1. The van der Waals surface area contributed by atoms with Gasteiger partial charge in [-0.05, 0) is 6.07 Å². The van der Waals surface area contributed by atoms with Crippen molar-refractivity contribution in [3.8, 4) is 0 Å². The van der Waals surface area contributed by atoms with Crippen LogP contribution in [-0.2, 0) is 4.74 Å². The molecule has 1 aromatic rings. The van der Waals surface area contributed by atoms with E-state index in [2.05, 4.69) is 4.74 Å². The highest BCUT2D eigenvalue weighted by Gasteiger charge is 2.48. The van der Waals surface area contributed by atoms with Gasteiger partial charge in [-0.2, -0.15) is 0 Å². The standard InChI is InChI=1S/C10H7F4NO2/c11-6-3-1-2-5(7(6)12)8-10(13,14)4-17-9(16)15-8/h1-3,8H,4H2,(H,15,16)/t8-/m0/s1. The molecule has 1 fully saturated rings. The van der Waals surface area contributed by atoms with E-state index in [0.717, 1.165) is 18.2 Å². The van der Waals surface area contributed by atoms with Crippen LogP contribution in [0.2, 0.25) is 0 Å². The summed E-state index contributed by atoms with van der Waals surface area (Å²) in [6, 6.07) is 0.950. The number of carbonyl (C=O) groups excluding carboxylic acids is 1. The Morgan fingerprint density at radius 2 is 2.06 bits per heavy atom. The van der Waals surface area contributed by atoms with Crippen LogP contribution >= 0.6 is 0 Å². The fourth-order valence-electron chi connectivity index (χ4n) is 1.56. The summed E-state index contributed by atoms with van der Waals surface area (Å²) in [6.07, 6.45) is -1.09. The molecule has 0 radical (unpaired) electrons. The van der Waals surface area contributed by atoms with E-state index in [1.54, 1.807) is 5.32 Å². The first-order valence-electron chi connectivity index (χ1n) is 4.67. The van der Waals surface area contributed by atoms with Crippen LogP contribution in [0.3, 0.4) is 0 Å². The molecule has 1 aliphatic rings. The van der Waals surface area contributed by atoms with E-state index in [-0.39, 0.29) is 0 Å². The van der Waals surface area contributed by atoms with Gasteiger partial charge < -0.3 is 10.1 Å². The zero-order valence-electron chi connectivity index (χ0n) is 8.34. The molecule has 2 rings (SSSR count). The van der Waals surface area contributed by atoms with E-state index in [1.165, 1.54) is 0 Å². The molecule has 1 amide bonds. The van der Waals surface area contributed by atoms with Gasteiger partial charge in [0.1, 0.15) is 6.04 Å². The number of hydrogen-bond donors (Lipinski definition) is 1. The van der Waals surface area contributed by atoms with Crippen molar-refractivity contribution in [1.29, 1.82) is 0 Å². The number of cyclic esters (lactones) is 1. The monoisotopic (exact) mass is 249 g/mol. The fourth-order valence-corrected chi connectivity index (χ4v) is 1.56. The van der Waals surface area contributed by atoms with E-state index in [0.29, 0.717) is 0 Å². The van der Waals surface area contributed by atoms with Gasteiger partial charge in [0, 0.05) is 5.56 Å². The normalized spacial score (nSPS) is 22.8. The second-order valence-corrected chi connectivity index (χ2v) is 3.56. The third-order valence-electron chi connectivity index (χ3n) is 2.37. The largest absolute Gasteiger partial charge is 0.443 e. The Hall–Kier alpha value is -1.79. The van der Waals surface area contributed by atoms with Crippen LogP contribution in [0.15, 0.2) is 18.2 Å². The van der Waals surface area contributed by atoms with Crippen molar-refractivity contribution in [2.45, 2.75) is 12.0 Å². The van der Waals surface area contributed by atoms with Crippen molar-refractivity contribution in [3.05, 3.63) is 35.4 Å². The number of hydrogen-bond acceptors (Lipinski definition) is 2. The van der Waals surface area contributed by atoms with Crippen molar-refractivity contribution in [3.63, 3.8) is 0 Å². The summed E-state index contributed by atoms with van der Waals surface area (Å²) in [7, 11) is 0. The van der Waals surface area contributed by atoms with Crippen molar-refractivity contribution < 1.29 is 27.1 Å². The molecule has 7 heteroatoms. The minimum absolute atomic E-state index is 0.605. The molecule has 0 bridgehead atoms. The molecule has 0 saturated carbocycles. The minimum atomic E-state index is -3.50. The highest BCUT2D eigenvalue weighted by molar-refractivity contribution is 5.69. The predicted octanol–water partition coefficient (Wildman–Crippen LogP) is 2.38. The number of carbonyl (C=O) groups is 1. The van der Waals surface area contributed by atoms with Gasteiger partial charge in [0.15, 0.2) is 18.2 Å². The lowest BCUT2D eigenvalue weighted by molar-refractivity contribution is -0.105. The van der Waals surface area contributed by atoms with E-state index in [1.807, 2.05) is 0 Å². The molecule has 3 nitrogen and oxygen atoms in total. The molecule has 1 aliphatic heterocycles. The summed E-state index contributed by atoms with van der Waals surface area (Å²) >= 11 is 0. The predicted molar refractivity (Wildman–Crippen MR) is 48.5 cm³/mol. The summed E-state index contributed by atoms with van der Waals surface area (Å²) in [6.45, 7) is -1.17. The SMILES string of the molecule is O=C1N[C@@H](c2cccc(F)c2F)C(F)(F)CO1. The molecule has 0 unspecified atom stereocenters. The highest BCUT2D eigenvalue weighted by Crippen LogP contribution is 2.35. The summed E-state index contributed by atoms with van der Waals surface area (Å²) in [5, 5.41) is 1.77. The van der Waals surface area contributed by atoms with Gasteiger partial charge in [-0.3, -0.25) is 0 Å². The number of nitrogens with one attached hydrogen (secondary N) is 1. The number of ether oxygens (including phenoxy) is 1. The number of alkyl halides is 2. The van der Waals surface area contributed by atoms with Crippen LogP contribution in [0, 0.1) is 11.6 Å². The summed E-state index contributed by atoms with van der Waals surface area (Å²) in [5.74, 6) is -6.15. The lowest BCUT2D eigenvalue weighted by atomic mass is 9.99. The quantitative estimate of drug-likeness (QED) is 0.776. The number of benzene rings is 1. The molecule has 1 N–H and O–H groups in total. The molecule has 1 aromatic carbocycles. The molecule has 1 saturated heterocycles. The van der Waals surface area contributed by atoms with E-state index in [9.17, 15) is 22.4 Å². The number of alkyl carbamates (subject to hydrolysis) is 1. The van der Waals surface area contributed by atoms with E-state index in [4.69, 9.17) is 0 Å². The Labute approximate surface area is 93.4 Å². The Bertz CT molecular complexity index is 464. The average molecular weight is 249 g/mol. The second kappa shape index (κ2) is 3.90. The first kappa shape index (κ1) is 11.7. The lowest BCUT2D eigenvalue weighted by Crippen LogP contribution is -2.50. The topological polar surface area (TPSA) is 38.3 Å². The van der Waals surface area contributed by atoms with Crippen molar-refractivity contribution in [1.82, 2.24) is 5.32 Å². The zero-order chi connectivity index (χ0) is 12.6. The smallest absolute Gasteiger partial charge is 0.408 e. The Morgan fingerprint density at radius 1 is 1.35 bits per heavy atom. The van der Waals surface area contributed by atoms with Gasteiger partial charge in [0.05, 0.1) is 0 Å². The van der Waals surface area contributed by atoms with Crippen LogP contribution < -0.4 is 5.32 Å². The fraction of sp³-hybridized carbons (Fsp3) is 0.300. The van der Waals surface area contributed by atoms with Gasteiger partial charge in [0.25, 0.3) is 0 Å². The zero-order valence-corrected chi connectivity index (χ0v) is 8.34. The van der Waals surface area contributed by atoms with Crippen LogP contribution in [-0.4, -0.2) is 18.6 Å². The highest BCUT2D eigenvalue weighted by atomic mass is 19.3. The first-order valence-corrected chi connectivity index (χ1v) is 4.67. The number of amides is 1. The van der Waals surface area contributed by atoms with Crippen LogP contribution in [0.5, 0.6) is 0 Å². The van der Waals surface area contributed by atoms with Crippen molar-refractivity contribution >= 4 is 6.09 Å². The summed E-state index contributed by atoms with van der Waals surface area (Å²) in [5.41, 5.74) is -0.605. The van der Waals surface area contributed by atoms with Crippen LogP contribution in [0.4, 0.5) is 22.4 Å². The third-order valence-corrected chi connectivity index (χ3v) is 2.37. The molecule has 0 aromatic heterocycles. The maximum Gasteiger partial charge on any atom is 0.408 e. The Balaban J connectivity index is 2.43. The average Bonchev–Trinajstić information content (AvgIpc) is 2.26. The Kier molecular flexibility index (Phi) is 2.68. The van der Waals surface area contributed by atoms with E-state index >= 15 is 0 Å². The molecular formula is C10H7F4NO2. The molecule has 0 aliphatic carbocycles. The van der Waals surface area contributed by atoms with Crippen LogP contribution in [0.25, 0.3) is 0 Å². The minimum Gasteiger partial charge on any atom is -0.443 e. The van der Waals surface area contributed by atoms with Gasteiger partial charge in [-0.1, -0.05) is 12.1 Å². The Morgan fingerprint density at radius 3 is 2.76 bits per heavy atom. The van der Waals surface area contributed by atoms with Gasteiger partial charge in [-0.15, -0.1) is 0 Å². The lowest BCUT2D eigenvalue weighted by Gasteiger charge is -2.31. The third kappa shape index (κ3) is 2.04. The molecule has 92 valence electrons. The molecule has 0 spiro atoms. The maximum atomic E-state index is 13.4. The second-order valence-electron chi connectivity index (χ2n) is 3.56. The van der Waals surface area contributed by atoms with Gasteiger partial charge >= 0.3 is 12.0 Å². The van der Waals surface area contributed by atoms with E-state index < -0.39 is 41.9 Å². The maximum absolute atomic E-state index is 13.4. The molecule has 17 heavy (non-hydrogen) atoms. The number of halogens is 4. The molecule has 1 atom stereocenters. The molecule has 1 heterocycles.